The van der Waals surface area contributed by atoms with Crippen molar-refractivity contribution in [2.24, 2.45) is 0 Å². The molecule has 1 heterocycles. The summed E-state index contributed by atoms with van der Waals surface area (Å²) in [6.45, 7) is 10.4. The van der Waals surface area contributed by atoms with Gasteiger partial charge in [-0.25, -0.2) is 0 Å². The molecular formula is C18H22O2S3. The molecule has 0 amide bonds. The van der Waals surface area contributed by atoms with Crippen molar-refractivity contribution < 1.29 is 9.00 Å². The van der Waals surface area contributed by atoms with Crippen LogP contribution in [0, 0.1) is 0 Å². The number of benzene rings is 1. The fraction of sp³-hybridized carbons (Fsp3) is 0.389. The highest BCUT2D eigenvalue weighted by Gasteiger charge is 2.19. The van der Waals surface area contributed by atoms with Crippen molar-refractivity contribution in [3.8, 4) is 0 Å². The summed E-state index contributed by atoms with van der Waals surface area (Å²) >= 11 is 3.10. The van der Waals surface area contributed by atoms with Gasteiger partial charge in [0.25, 0.3) is 0 Å². The molecular weight excluding hydrogens is 344 g/mol. The summed E-state index contributed by atoms with van der Waals surface area (Å²) in [5, 5.41) is 0.0893. The Kier molecular flexibility index (Phi) is 5.87. The maximum Gasteiger partial charge on any atom is 0.160 e. The number of carbonyl (C=O) groups excluding carboxylic acids is 1. The Morgan fingerprint density at radius 3 is 2.39 bits per heavy atom. The third kappa shape index (κ3) is 4.78. The summed E-state index contributed by atoms with van der Waals surface area (Å²) < 4.78 is 13.6. The summed E-state index contributed by atoms with van der Waals surface area (Å²) in [6.07, 6.45) is 0.875. The maximum atomic E-state index is 12.5. The molecule has 2 nitrogen and oxygen atoms in total. The zero-order chi connectivity index (χ0) is 17.2. The zero-order valence-corrected chi connectivity index (χ0v) is 16.5. The maximum absolute atomic E-state index is 12.5. The van der Waals surface area contributed by atoms with Crippen molar-refractivity contribution in [1.82, 2.24) is 0 Å². The van der Waals surface area contributed by atoms with Gasteiger partial charge < -0.3 is 0 Å². The first-order valence-electron chi connectivity index (χ1n) is 7.49. The summed E-state index contributed by atoms with van der Waals surface area (Å²) in [5.41, 5.74) is 1.18. The Hall–Kier alpha value is -0.910. The summed E-state index contributed by atoms with van der Waals surface area (Å²) in [7, 11) is -1.01. The van der Waals surface area contributed by atoms with E-state index in [0.717, 1.165) is 25.2 Å². The fourth-order valence-corrected chi connectivity index (χ4v) is 5.16. The molecule has 0 fully saturated rings. The molecule has 0 spiro atoms. The van der Waals surface area contributed by atoms with E-state index in [1.54, 1.807) is 11.8 Å². The van der Waals surface area contributed by atoms with Crippen LogP contribution >= 0.6 is 23.1 Å². The van der Waals surface area contributed by atoms with Gasteiger partial charge in [0, 0.05) is 15.0 Å². The molecule has 0 radical (unpaired) electrons. The lowest BCUT2D eigenvalue weighted by atomic mass is 9.87. The average Bonchev–Trinajstić information content (AvgIpc) is 2.92. The van der Waals surface area contributed by atoms with E-state index in [-0.39, 0.29) is 10.7 Å². The van der Waals surface area contributed by atoms with Crippen molar-refractivity contribution in [1.29, 1.82) is 0 Å². The molecule has 1 unspecified atom stereocenters. The minimum atomic E-state index is -1.01. The molecule has 0 aliphatic rings. The van der Waals surface area contributed by atoms with Gasteiger partial charge in [-0.3, -0.25) is 9.00 Å². The molecule has 0 aliphatic heterocycles. The largest absolute Gasteiger partial charge is 0.297 e. The zero-order valence-electron chi connectivity index (χ0n) is 14.1. The first kappa shape index (κ1) is 18.4. The van der Waals surface area contributed by atoms with Crippen molar-refractivity contribution in [3.63, 3.8) is 0 Å². The van der Waals surface area contributed by atoms with Gasteiger partial charge in [-0.05, 0) is 41.3 Å². The molecule has 5 heteroatoms. The van der Waals surface area contributed by atoms with Gasteiger partial charge >= 0.3 is 0 Å². The summed E-state index contributed by atoms with van der Waals surface area (Å²) in [6, 6.07) is 10.0. The van der Waals surface area contributed by atoms with E-state index in [9.17, 15) is 9.00 Å². The van der Waals surface area contributed by atoms with Crippen molar-refractivity contribution >= 4 is 40.2 Å². The summed E-state index contributed by atoms with van der Waals surface area (Å²) in [5.74, 6) is 0. The van der Waals surface area contributed by atoms with Gasteiger partial charge in [0.15, 0.2) is 6.29 Å². The van der Waals surface area contributed by atoms with Crippen molar-refractivity contribution in [3.05, 3.63) is 40.8 Å². The lowest BCUT2D eigenvalue weighted by Crippen LogP contribution is -2.13. The molecule has 0 saturated carbocycles. The fourth-order valence-electron chi connectivity index (χ4n) is 2.02. The highest BCUT2D eigenvalue weighted by atomic mass is 32.2. The van der Waals surface area contributed by atoms with Gasteiger partial charge in [-0.2, -0.15) is 0 Å². The van der Waals surface area contributed by atoms with E-state index in [1.165, 1.54) is 16.9 Å². The molecule has 0 N–H and O–H groups in total. The van der Waals surface area contributed by atoms with Crippen LogP contribution in [0.1, 0.15) is 49.9 Å². The number of rotatable bonds is 5. The normalized spacial score (nSPS) is 13.3. The molecule has 1 atom stereocenters. The first-order chi connectivity index (χ1) is 10.7. The molecule has 2 aromatic rings. The molecule has 0 saturated heterocycles. The van der Waals surface area contributed by atoms with Crippen LogP contribution in [0.3, 0.4) is 0 Å². The topological polar surface area (TPSA) is 34.1 Å². The van der Waals surface area contributed by atoms with Crippen LogP contribution < -0.4 is 0 Å². The van der Waals surface area contributed by atoms with E-state index in [0.29, 0.717) is 0 Å². The minimum absolute atomic E-state index is 0.00406. The van der Waals surface area contributed by atoms with Gasteiger partial charge in [0.2, 0.25) is 0 Å². The second-order valence-electron chi connectivity index (χ2n) is 6.67. The highest BCUT2D eigenvalue weighted by Crippen LogP contribution is 2.37. The van der Waals surface area contributed by atoms with E-state index in [4.69, 9.17) is 0 Å². The highest BCUT2D eigenvalue weighted by molar-refractivity contribution is 8.01. The Morgan fingerprint density at radius 1 is 1.17 bits per heavy atom. The van der Waals surface area contributed by atoms with Gasteiger partial charge in [0.05, 0.1) is 19.9 Å². The van der Waals surface area contributed by atoms with Gasteiger partial charge in [0.1, 0.15) is 0 Å². The van der Waals surface area contributed by atoms with Gasteiger partial charge in [-0.1, -0.05) is 46.4 Å². The number of thiophene rings is 1. The SMILES string of the molecule is CC(C)S(=O)c1cc(Sc2ccc(C=O)s2)cc(C(C)(C)C)c1. The first-order valence-corrected chi connectivity index (χ1v) is 10.3. The lowest BCUT2D eigenvalue weighted by Gasteiger charge is -2.21. The van der Waals surface area contributed by atoms with Crippen LogP contribution in [0.2, 0.25) is 0 Å². The van der Waals surface area contributed by atoms with Crippen molar-refractivity contribution in [2.45, 2.75) is 59.3 Å². The predicted octanol–water partition coefficient (Wildman–Crippen LogP) is 5.53. The molecule has 0 aliphatic carbocycles. The van der Waals surface area contributed by atoms with Crippen LogP contribution in [0.5, 0.6) is 0 Å². The Morgan fingerprint density at radius 2 is 1.87 bits per heavy atom. The molecule has 23 heavy (non-hydrogen) atoms. The van der Waals surface area contributed by atoms with E-state index >= 15 is 0 Å². The van der Waals surface area contributed by atoms with Crippen LogP contribution in [0.15, 0.2) is 44.3 Å². The molecule has 124 valence electrons. The van der Waals surface area contributed by atoms with Crippen LogP contribution in [-0.4, -0.2) is 15.7 Å². The van der Waals surface area contributed by atoms with E-state index in [1.807, 2.05) is 32.0 Å². The Labute approximate surface area is 149 Å². The molecule has 1 aromatic heterocycles. The second-order valence-corrected chi connectivity index (χ2v) is 11.2. The molecule has 0 bridgehead atoms. The Balaban J connectivity index is 2.43. The smallest absolute Gasteiger partial charge is 0.160 e. The number of hydrogen-bond acceptors (Lipinski definition) is 4. The van der Waals surface area contributed by atoms with Crippen LogP contribution in [0.25, 0.3) is 0 Å². The second kappa shape index (κ2) is 7.32. The third-order valence-corrected chi connectivity index (χ3v) is 7.01. The number of carbonyl (C=O) groups is 1. The summed E-state index contributed by atoms with van der Waals surface area (Å²) in [4.78, 5) is 13.5. The van der Waals surface area contributed by atoms with Crippen LogP contribution in [-0.2, 0) is 16.2 Å². The molecule has 2 rings (SSSR count). The van der Waals surface area contributed by atoms with Crippen LogP contribution in [0.4, 0.5) is 0 Å². The van der Waals surface area contributed by atoms with E-state index < -0.39 is 10.8 Å². The molecule has 1 aromatic carbocycles. The minimum Gasteiger partial charge on any atom is -0.297 e. The average molecular weight is 367 g/mol. The standard InChI is InChI=1S/C18H22O2S3/c1-12(2)23(20)16-9-13(18(3,4)5)8-15(10-16)22-17-7-6-14(11-19)21-17/h6-12H,1-5H3. The number of hydrogen-bond donors (Lipinski definition) is 0. The van der Waals surface area contributed by atoms with Gasteiger partial charge in [-0.15, -0.1) is 11.3 Å². The monoisotopic (exact) mass is 366 g/mol. The Bertz CT molecular complexity index is 724. The van der Waals surface area contributed by atoms with E-state index in [2.05, 4.69) is 32.9 Å². The third-order valence-electron chi connectivity index (χ3n) is 3.34. The predicted molar refractivity (Wildman–Crippen MR) is 101 cm³/mol. The lowest BCUT2D eigenvalue weighted by molar-refractivity contribution is 0.112. The quantitative estimate of drug-likeness (QED) is 0.653. The van der Waals surface area contributed by atoms with Crippen molar-refractivity contribution in [2.75, 3.05) is 0 Å². The number of aldehydes is 1.